The third kappa shape index (κ3) is 3.24. The number of carbonyl (C=O) groups is 1. The van der Waals surface area contributed by atoms with Gasteiger partial charge in [0.25, 0.3) is 5.91 Å². The van der Waals surface area contributed by atoms with Crippen LogP contribution in [0.15, 0.2) is 24.5 Å². The fourth-order valence-electron chi connectivity index (χ4n) is 1.82. The minimum atomic E-state index is -0.224. The molecule has 2 rings (SSSR count). The molecule has 0 aromatic carbocycles. The number of carbonyl (C=O) groups excluding carboxylic acids is 1. The summed E-state index contributed by atoms with van der Waals surface area (Å²) in [5.74, 6) is -0.224. The van der Waals surface area contributed by atoms with Gasteiger partial charge in [-0.1, -0.05) is 0 Å². The largest absolute Gasteiger partial charge is 0.362 e. The third-order valence-corrected chi connectivity index (χ3v) is 2.91. The van der Waals surface area contributed by atoms with E-state index >= 15 is 0 Å². The van der Waals surface area contributed by atoms with E-state index in [9.17, 15) is 4.79 Å². The number of amides is 1. The van der Waals surface area contributed by atoms with Crippen LogP contribution in [0, 0.1) is 0 Å². The summed E-state index contributed by atoms with van der Waals surface area (Å²) in [6, 6.07) is 3.40. The van der Waals surface area contributed by atoms with Gasteiger partial charge in [-0.05, 0) is 26.0 Å². The number of nitrogens with one attached hydrogen (secondary N) is 1. The molecule has 2 aromatic rings. The molecule has 0 aliphatic carbocycles. The minimum Gasteiger partial charge on any atom is -0.362 e. The SMILES string of the molecule is CCn1ccc(C(C)NC(=O)c2ccn(COC)n2)n1. The molecule has 20 heavy (non-hydrogen) atoms. The summed E-state index contributed by atoms with van der Waals surface area (Å²) in [5, 5.41) is 11.4. The van der Waals surface area contributed by atoms with Gasteiger partial charge in [0.1, 0.15) is 12.4 Å². The van der Waals surface area contributed by atoms with Crippen molar-refractivity contribution in [2.24, 2.45) is 0 Å². The molecule has 1 amide bonds. The highest BCUT2D eigenvalue weighted by atomic mass is 16.5. The smallest absolute Gasteiger partial charge is 0.272 e. The first kappa shape index (κ1) is 14.3. The molecule has 7 heteroatoms. The Morgan fingerprint density at radius 1 is 1.35 bits per heavy atom. The summed E-state index contributed by atoms with van der Waals surface area (Å²) in [7, 11) is 1.58. The van der Waals surface area contributed by atoms with Crippen LogP contribution in [-0.4, -0.2) is 32.6 Å². The zero-order chi connectivity index (χ0) is 14.5. The summed E-state index contributed by atoms with van der Waals surface area (Å²) >= 11 is 0. The average Bonchev–Trinajstić information content (AvgIpc) is 3.07. The van der Waals surface area contributed by atoms with Gasteiger partial charge >= 0.3 is 0 Å². The van der Waals surface area contributed by atoms with Crippen LogP contribution in [0.2, 0.25) is 0 Å². The van der Waals surface area contributed by atoms with E-state index in [1.165, 1.54) is 0 Å². The van der Waals surface area contributed by atoms with Gasteiger partial charge in [0.05, 0.1) is 11.7 Å². The molecule has 1 N–H and O–H groups in total. The van der Waals surface area contributed by atoms with Gasteiger partial charge in [-0.25, -0.2) is 4.68 Å². The van der Waals surface area contributed by atoms with Crippen LogP contribution in [0.25, 0.3) is 0 Å². The first-order valence-corrected chi connectivity index (χ1v) is 6.50. The van der Waals surface area contributed by atoms with Crippen molar-refractivity contribution in [1.29, 1.82) is 0 Å². The van der Waals surface area contributed by atoms with Crippen molar-refractivity contribution in [3.63, 3.8) is 0 Å². The Balaban J connectivity index is 1.99. The van der Waals surface area contributed by atoms with E-state index in [0.717, 1.165) is 12.2 Å². The van der Waals surface area contributed by atoms with Crippen molar-refractivity contribution in [2.75, 3.05) is 7.11 Å². The maximum absolute atomic E-state index is 12.1. The molecule has 0 fully saturated rings. The molecule has 0 aliphatic heterocycles. The Morgan fingerprint density at radius 2 is 2.10 bits per heavy atom. The fraction of sp³-hybridized carbons (Fsp3) is 0.462. The van der Waals surface area contributed by atoms with Gasteiger partial charge in [-0.3, -0.25) is 9.48 Å². The van der Waals surface area contributed by atoms with Crippen molar-refractivity contribution in [1.82, 2.24) is 24.9 Å². The highest BCUT2D eigenvalue weighted by Gasteiger charge is 2.15. The van der Waals surface area contributed by atoms with Crippen LogP contribution in [0.1, 0.15) is 36.1 Å². The number of aromatic nitrogens is 4. The van der Waals surface area contributed by atoms with Crippen LogP contribution >= 0.6 is 0 Å². The lowest BCUT2D eigenvalue weighted by molar-refractivity contribution is 0.0926. The van der Waals surface area contributed by atoms with Crippen molar-refractivity contribution in [3.8, 4) is 0 Å². The molecule has 0 spiro atoms. The second kappa shape index (κ2) is 6.33. The normalized spacial score (nSPS) is 12.3. The first-order chi connectivity index (χ1) is 9.63. The Labute approximate surface area is 117 Å². The fourth-order valence-corrected chi connectivity index (χ4v) is 1.82. The molecule has 2 aromatic heterocycles. The third-order valence-electron chi connectivity index (χ3n) is 2.91. The second-order valence-electron chi connectivity index (χ2n) is 4.45. The zero-order valence-electron chi connectivity index (χ0n) is 11.9. The Hall–Kier alpha value is -2.15. The number of nitrogens with zero attached hydrogens (tertiary/aromatic N) is 4. The maximum atomic E-state index is 12.1. The second-order valence-corrected chi connectivity index (χ2v) is 4.45. The highest BCUT2D eigenvalue weighted by Crippen LogP contribution is 2.10. The summed E-state index contributed by atoms with van der Waals surface area (Å²) in [6.07, 6.45) is 3.60. The standard InChI is InChI=1S/C13H19N5O2/c1-4-17-7-5-11(15-17)10(2)14-13(19)12-6-8-18(16-12)9-20-3/h5-8,10H,4,9H2,1-3H3,(H,14,19). The lowest BCUT2D eigenvalue weighted by Crippen LogP contribution is -2.27. The first-order valence-electron chi connectivity index (χ1n) is 6.50. The molecule has 0 saturated carbocycles. The van der Waals surface area contributed by atoms with Crippen LogP contribution in [-0.2, 0) is 18.0 Å². The van der Waals surface area contributed by atoms with E-state index < -0.39 is 0 Å². The predicted molar refractivity (Wildman–Crippen MR) is 73.0 cm³/mol. The van der Waals surface area contributed by atoms with E-state index in [1.807, 2.05) is 30.8 Å². The van der Waals surface area contributed by atoms with Crippen LogP contribution < -0.4 is 5.32 Å². The molecule has 0 bridgehead atoms. The van der Waals surface area contributed by atoms with Gasteiger partial charge in [0.2, 0.25) is 0 Å². The van der Waals surface area contributed by atoms with Crippen LogP contribution in [0.3, 0.4) is 0 Å². The zero-order valence-corrected chi connectivity index (χ0v) is 11.9. The maximum Gasteiger partial charge on any atom is 0.272 e. The summed E-state index contributed by atoms with van der Waals surface area (Å²) in [5.41, 5.74) is 1.19. The quantitative estimate of drug-likeness (QED) is 0.861. The minimum absolute atomic E-state index is 0.164. The van der Waals surface area contributed by atoms with E-state index in [1.54, 1.807) is 24.1 Å². The summed E-state index contributed by atoms with van der Waals surface area (Å²) in [4.78, 5) is 12.1. The molecule has 108 valence electrons. The highest BCUT2D eigenvalue weighted by molar-refractivity contribution is 5.92. The number of hydrogen-bond donors (Lipinski definition) is 1. The summed E-state index contributed by atoms with van der Waals surface area (Å²) < 4.78 is 8.33. The summed E-state index contributed by atoms with van der Waals surface area (Å²) in [6.45, 7) is 5.04. The van der Waals surface area contributed by atoms with Gasteiger partial charge in [0, 0.05) is 26.0 Å². The number of aryl methyl sites for hydroxylation is 1. The van der Waals surface area contributed by atoms with Crippen LogP contribution in [0.4, 0.5) is 0 Å². The molecule has 0 aliphatic rings. The molecule has 1 unspecified atom stereocenters. The number of methoxy groups -OCH3 is 1. The molecule has 2 heterocycles. The molecular formula is C13H19N5O2. The molecule has 0 radical (unpaired) electrons. The van der Waals surface area contributed by atoms with E-state index in [4.69, 9.17) is 4.74 Å². The Morgan fingerprint density at radius 3 is 2.75 bits per heavy atom. The van der Waals surface area contributed by atoms with Crippen molar-refractivity contribution in [3.05, 3.63) is 35.9 Å². The Kier molecular flexibility index (Phi) is 4.52. The van der Waals surface area contributed by atoms with Crippen molar-refractivity contribution >= 4 is 5.91 Å². The molecule has 7 nitrogen and oxygen atoms in total. The van der Waals surface area contributed by atoms with Gasteiger partial charge < -0.3 is 10.1 Å². The van der Waals surface area contributed by atoms with Crippen molar-refractivity contribution < 1.29 is 9.53 Å². The van der Waals surface area contributed by atoms with Crippen molar-refractivity contribution in [2.45, 2.75) is 33.2 Å². The molecule has 0 saturated heterocycles. The molecule has 1 atom stereocenters. The van der Waals surface area contributed by atoms with E-state index in [2.05, 4.69) is 15.5 Å². The molecular weight excluding hydrogens is 258 g/mol. The lowest BCUT2D eigenvalue weighted by atomic mass is 10.2. The van der Waals surface area contributed by atoms with Gasteiger partial charge in [0.15, 0.2) is 0 Å². The Bertz CT molecular complexity index is 575. The lowest BCUT2D eigenvalue weighted by Gasteiger charge is -2.10. The van der Waals surface area contributed by atoms with Gasteiger partial charge in [-0.15, -0.1) is 0 Å². The number of hydrogen-bond acceptors (Lipinski definition) is 4. The van der Waals surface area contributed by atoms with Crippen LogP contribution in [0.5, 0.6) is 0 Å². The number of rotatable bonds is 6. The van der Waals surface area contributed by atoms with E-state index in [0.29, 0.717) is 12.4 Å². The topological polar surface area (TPSA) is 74.0 Å². The number of ether oxygens (including phenoxy) is 1. The average molecular weight is 277 g/mol. The monoisotopic (exact) mass is 277 g/mol. The van der Waals surface area contributed by atoms with E-state index in [-0.39, 0.29) is 11.9 Å². The van der Waals surface area contributed by atoms with Gasteiger partial charge in [-0.2, -0.15) is 10.2 Å². The predicted octanol–water partition coefficient (Wildman–Crippen LogP) is 1.19.